The summed E-state index contributed by atoms with van der Waals surface area (Å²) in [5.74, 6) is 0. The standard InChI is InChI=1S/C20H21N2/c1-5-17-9-11-19(12-10-17)22-16(4)20(15(3)21-22)18-8-6-7-14(2)13-18/h6-13H,1,5H2,2-4H3. The predicted molar refractivity (Wildman–Crippen MR) is 92.3 cm³/mol. The van der Waals surface area contributed by atoms with Gasteiger partial charge >= 0.3 is 0 Å². The molecular weight excluding hydrogens is 268 g/mol. The van der Waals surface area contributed by atoms with Gasteiger partial charge in [0, 0.05) is 11.3 Å². The van der Waals surface area contributed by atoms with Crippen LogP contribution in [0.5, 0.6) is 0 Å². The second kappa shape index (κ2) is 5.80. The first-order valence-electron chi connectivity index (χ1n) is 7.62. The summed E-state index contributed by atoms with van der Waals surface area (Å²) in [6, 6.07) is 17.0. The molecular formula is C20H21N2. The molecule has 0 unspecified atom stereocenters. The van der Waals surface area contributed by atoms with Crippen molar-refractivity contribution in [2.45, 2.75) is 27.2 Å². The molecule has 0 aliphatic carbocycles. The molecule has 22 heavy (non-hydrogen) atoms. The maximum Gasteiger partial charge on any atom is 0.0679 e. The van der Waals surface area contributed by atoms with Gasteiger partial charge in [-0.1, -0.05) is 42.0 Å². The molecule has 2 heteroatoms. The number of rotatable bonds is 3. The molecule has 1 radical (unpaired) electrons. The molecule has 0 atom stereocenters. The quantitative estimate of drug-likeness (QED) is 0.674. The van der Waals surface area contributed by atoms with Gasteiger partial charge in [0.15, 0.2) is 0 Å². The summed E-state index contributed by atoms with van der Waals surface area (Å²) >= 11 is 0. The molecule has 3 aromatic rings. The first-order valence-corrected chi connectivity index (χ1v) is 7.62. The number of hydrogen-bond acceptors (Lipinski definition) is 1. The van der Waals surface area contributed by atoms with Crippen LogP contribution in [0.2, 0.25) is 0 Å². The zero-order chi connectivity index (χ0) is 15.7. The maximum absolute atomic E-state index is 4.74. The van der Waals surface area contributed by atoms with E-state index in [0.717, 1.165) is 17.8 Å². The highest BCUT2D eigenvalue weighted by Gasteiger charge is 2.14. The van der Waals surface area contributed by atoms with Crippen LogP contribution in [0.1, 0.15) is 22.5 Å². The molecule has 0 bridgehead atoms. The highest BCUT2D eigenvalue weighted by molar-refractivity contribution is 5.69. The fourth-order valence-corrected chi connectivity index (χ4v) is 2.92. The van der Waals surface area contributed by atoms with E-state index in [-0.39, 0.29) is 0 Å². The van der Waals surface area contributed by atoms with E-state index in [1.807, 2.05) is 4.68 Å². The Morgan fingerprint density at radius 1 is 1.00 bits per heavy atom. The van der Waals surface area contributed by atoms with Crippen LogP contribution < -0.4 is 0 Å². The van der Waals surface area contributed by atoms with Crippen molar-refractivity contribution in [1.82, 2.24) is 9.78 Å². The first-order chi connectivity index (χ1) is 10.6. The van der Waals surface area contributed by atoms with Crippen molar-refractivity contribution < 1.29 is 0 Å². The summed E-state index contributed by atoms with van der Waals surface area (Å²) < 4.78 is 2.03. The van der Waals surface area contributed by atoms with E-state index in [4.69, 9.17) is 5.10 Å². The minimum atomic E-state index is 0.811. The average Bonchev–Trinajstić information content (AvgIpc) is 2.82. The van der Waals surface area contributed by atoms with Crippen LogP contribution in [-0.2, 0) is 6.42 Å². The van der Waals surface area contributed by atoms with Crippen LogP contribution >= 0.6 is 0 Å². The maximum atomic E-state index is 4.74. The SMILES string of the molecule is [CH2]Cc1ccc(-n2nc(C)c(-c3cccc(C)c3)c2C)cc1. The molecule has 0 spiro atoms. The Labute approximate surface area is 132 Å². The number of aryl methyl sites for hydroxylation is 2. The lowest BCUT2D eigenvalue weighted by Gasteiger charge is -2.07. The van der Waals surface area contributed by atoms with Gasteiger partial charge in [-0.3, -0.25) is 0 Å². The first kappa shape index (κ1) is 14.6. The molecule has 0 N–H and O–H groups in total. The molecule has 0 amide bonds. The highest BCUT2D eigenvalue weighted by atomic mass is 15.3. The fraction of sp³-hybridized carbons (Fsp3) is 0.200. The lowest BCUT2D eigenvalue weighted by Crippen LogP contribution is -1.99. The summed E-state index contributed by atoms with van der Waals surface area (Å²) in [7, 11) is 0. The largest absolute Gasteiger partial charge is 0.237 e. The van der Waals surface area contributed by atoms with Crippen molar-refractivity contribution >= 4 is 0 Å². The second-order valence-electron chi connectivity index (χ2n) is 5.74. The topological polar surface area (TPSA) is 17.8 Å². The van der Waals surface area contributed by atoms with Crippen LogP contribution in [0.15, 0.2) is 48.5 Å². The molecule has 2 nitrogen and oxygen atoms in total. The Bertz CT molecular complexity index is 795. The smallest absolute Gasteiger partial charge is 0.0679 e. The van der Waals surface area contributed by atoms with Crippen LogP contribution in [0.4, 0.5) is 0 Å². The van der Waals surface area contributed by atoms with Gasteiger partial charge in [0.05, 0.1) is 11.4 Å². The zero-order valence-electron chi connectivity index (χ0n) is 13.4. The average molecular weight is 289 g/mol. The molecule has 0 saturated heterocycles. The predicted octanol–water partition coefficient (Wildman–Crippen LogP) is 4.84. The molecule has 2 aromatic carbocycles. The summed E-state index contributed by atoms with van der Waals surface area (Å²) in [6.07, 6.45) is 0.811. The lowest BCUT2D eigenvalue weighted by atomic mass is 10.0. The second-order valence-corrected chi connectivity index (χ2v) is 5.74. The molecule has 111 valence electrons. The number of aromatic nitrogens is 2. The van der Waals surface area contributed by atoms with Crippen LogP contribution in [-0.4, -0.2) is 9.78 Å². The van der Waals surface area contributed by atoms with E-state index in [0.29, 0.717) is 0 Å². The van der Waals surface area contributed by atoms with Gasteiger partial charge in [-0.15, -0.1) is 0 Å². The van der Waals surface area contributed by atoms with Crippen LogP contribution in [0.25, 0.3) is 16.8 Å². The molecule has 1 aromatic heterocycles. The van der Waals surface area contributed by atoms with Gasteiger partial charge in [0.25, 0.3) is 0 Å². The van der Waals surface area contributed by atoms with E-state index >= 15 is 0 Å². The molecule has 1 heterocycles. The minimum absolute atomic E-state index is 0.811. The number of benzene rings is 2. The van der Waals surface area contributed by atoms with Crippen LogP contribution in [0.3, 0.4) is 0 Å². The van der Waals surface area contributed by atoms with Gasteiger partial charge in [-0.05, 0) is 57.4 Å². The number of hydrogen-bond donors (Lipinski definition) is 0. The van der Waals surface area contributed by atoms with Crippen molar-refractivity contribution in [2.24, 2.45) is 0 Å². The summed E-state index contributed by atoms with van der Waals surface area (Å²) in [5.41, 5.74) is 8.29. The molecule has 0 aliphatic heterocycles. The van der Waals surface area contributed by atoms with Crippen molar-refractivity contribution in [3.05, 3.63) is 78.0 Å². The summed E-state index contributed by atoms with van der Waals surface area (Å²) in [5, 5.41) is 4.74. The third-order valence-corrected chi connectivity index (χ3v) is 4.07. The van der Waals surface area contributed by atoms with Crippen molar-refractivity contribution in [3.8, 4) is 16.8 Å². The third kappa shape index (κ3) is 2.57. The number of nitrogens with zero attached hydrogens (tertiary/aromatic N) is 2. The fourth-order valence-electron chi connectivity index (χ4n) is 2.92. The monoisotopic (exact) mass is 289 g/mol. The molecule has 3 rings (SSSR count). The van der Waals surface area contributed by atoms with E-state index in [2.05, 4.69) is 76.2 Å². The van der Waals surface area contributed by atoms with E-state index in [9.17, 15) is 0 Å². The van der Waals surface area contributed by atoms with Gasteiger partial charge in [-0.2, -0.15) is 5.10 Å². The van der Waals surface area contributed by atoms with Crippen LogP contribution in [0, 0.1) is 27.7 Å². The Morgan fingerprint density at radius 3 is 2.36 bits per heavy atom. The van der Waals surface area contributed by atoms with E-state index in [1.54, 1.807) is 0 Å². The van der Waals surface area contributed by atoms with Crippen molar-refractivity contribution in [2.75, 3.05) is 0 Å². The Balaban J connectivity index is 2.10. The molecule has 0 saturated carbocycles. The normalized spacial score (nSPS) is 10.9. The van der Waals surface area contributed by atoms with Gasteiger partial charge in [0.2, 0.25) is 0 Å². The molecule has 0 fully saturated rings. The summed E-state index contributed by atoms with van der Waals surface area (Å²) in [6.45, 7) is 10.2. The third-order valence-electron chi connectivity index (χ3n) is 4.07. The van der Waals surface area contributed by atoms with E-state index < -0.39 is 0 Å². The van der Waals surface area contributed by atoms with Crippen molar-refractivity contribution in [1.29, 1.82) is 0 Å². The molecule has 0 aliphatic rings. The zero-order valence-corrected chi connectivity index (χ0v) is 13.4. The Kier molecular flexibility index (Phi) is 3.84. The van der Waals surface area contributed by atoms with Crippen molar-refractivity contribution in [3.63, 3.8) is 0 Å². The van der Waals surface area contributed by atoms with Gasteiger partial charge in [0.1, 0.15) is 0 Å². The minimum Gasteiger partial charge on any atom is -0.237 e. The van der Waals surface area contributed by atoms with Gasteiger partial charge in [-0.25, -0.2) is 4.68 Å². The Hall–Kier alpha value is -2.35. The highest BCUT2D eigenvalue weighted by Crippen LogP contribution is 2.29. The lowest BCUT2D eigenvalue weighted by molar-refractivity contribution is 0.833. The van der Waals surface area contributed by atoms with E-state index in [1.165, 1.54) is 27.9 Å². The van der Waals surface area contributed by atoms with Gasteiger partial charge < -0.3 is 0 Å². The Morgan fingerprint density at radius 2 is 1.73 bits per heavy atom. The summed E-state index contributed by atoms with van der Waals surface area (Å²) in [4.78, 5) is 0.